The molecule has 30 heavy (non-hydrogen) atoms. The van der Waals surface area contributed by atoms with Gasteiger partial charge in [0, 0.05) is 39.7 Å². The summed E-state index contributed by atoms with van der Waals surface area (Å²) in [6, 6.07) is 10.3. The first kappa shape index (κ1) is 22.1. The summed E-state index contributed by atoms with van der Waals surface area (Å²) in [7, 11) is 0. The number of hydrogen-bond donors (Lipinski definition) is 0. The van der Waals surface area contributed by atoms with Gasteiger partial charge in [-0.25, -0.2) is 8.78 Å². The Kier molecular flexibility index (Phi) is 7.29. The molecule has 0 N–H and O–H groups in total. The number of halogens is 4. The molecule has 0 aliphatic rings. The second kappa shape index (κ2) is 9.91. The lowest BCUT2D eigenvalue weighted by Gasteiger charge is -2.13. The van der Waals surface area contributed by atoms with Gasteiger partial charge in [-0.2, -0.15) is 5.10 Å². The maximum Gasteiger partial charge on any atom is 0.254 e. The Hall–Kier alpha value is -2.64. The predicted molar refractivity (Wildman–Crippen MR) is 112 cm³/mol. The molecule has 9 heteroatoms. The number of nitrogens with zero attached hydrogens (tertiary/aromatic N) is 3. The molecule has 0 saturated heterocycles. The summed E-state index contributed by atoms with van der Waals surface area (Å²) in [6.07, 6.45) is 0. The maximum atomic E-state index is 13.9. The van der Waals surface area contributed by atoms with Crippen LogP contribution in [0.15, 0.2) is 47.0 Å². The van der Waals surface area contributed by atoms with Gasteiger partial charge >= 0.3 is 0 Å². The van der Waals surface area contributed by atoms with Gasteiger partial charge < -0.3 is 9.47 Å². The number of rotatable bonds is 7. The van der Waals surface area contributed by atoms with Crippen LogP contribution in [0.1, 0.15) is 29.4 Å². The van der Waals surface area contributed by atoms with Crippen molar-refractivity contribution in [3.05, 3.63) is 81.6 Å². The molecule has 0 amide bonds. The molecule has 0 fully saturated rings. The minimum Gasteiger partial charge on any atom is -0.488 e. The summed E-state index contributed by atoms with van der Waals surface area (Å²) >= 11 is 11.8. The lowest BCUT2D eigenvalue weighted by Crippen LogP contribution is -2.10. The molecule has 5 nitrogen and oxygen atoms in total. The first-order valence-corrected chi connectivity index (χ1v) is 9.84. The molecule has 158 valence electrons. The molecule has 0 radical (unpaired) electrons. The van der Waals surface area contributed by atoms with Gasteiger partial charge in [0.1, 0.15) is 29.7 Å². The van der Waals surface area contributed by atoms with Crippen LogP contribution in [0.3, 0.4) is 0 Å². The van der Waals surface area contributed by atoms with Crippen molar-refractivity contribution >= 4 is 29.3 Å². The topological polar surface area (TPSA) is 48.6 Å². The monoisotopic (exact) mass is 453 g/mol. The minimum absolute atomic E-state index is 0.0581. The summed E-state index contributed by atoms with van der Waals surface area (Å²) in [5.74, 6) is -0.562. The highest BCUT2D eigenvalue weighted by molar-refractivity contribution is 6.30. The van der Waals surface area contributed by atoms with E-state index in [1.807, 2.05) is 13.8 Å². The van der Waals surface area contributed by atoms with E-state index in [1.165, 1.54) is 12.1 Å². The van der Waals surface area contributed by atoms with Crippen LogP contribution in [0, 0.1) is 18.6 Å². The molecular formula is C21H19Cl2F2N3O2. The van der Waals surface area contributed by atoms with Crippen LogP contribution >= 0.6 is 23.4 Å². The van der Waals surface area contributed by atoms with E-state index in [9.17, 15) is 8.78 Å². The lowest BCUT2D eigenvalue weighted by atomic mass is 10.2. The van der Waals surface area contributed by atoms with Crippen LogP contribution in [0.2, 0.25) is 5.02 Å². The SMILES string of the molecule is CCOC(=NCl)c1cc(C)n(Cc2cc(Cl)ccc2OCc2ccc(F)cc2F)n1. The van der Waals surface area contributed by atoms with Crippen molar-refractivity contribution in [3.8, 4) is 5.75 Å². The van der Waals surface area contributed by atoms with E-state index < -0.39 is 11.6 Å². The fraction of sp³-hybridized carbons (Fsp3) is 0.238. The number of aryl methyl sites for hydroxylation is 1. The number of benzene rings is 2. The van der Waals surface area contributed by atoms with Gasteiger partial charge in [0.05, 0.1) is 13.2 Å². The van der Waals surface area contributed by atoms with Crippen LogP contribution in [-0.2, 0) is 17.9 Å². The van der Waals surface area contributed by atoms with Crippen LogP contribution in [0.25, 0.3) is 0 Å². The standard InChI is InChI=1S/C21H19Cl2F2N3O2/c1-3-29-21(26-23)19-8-13(2)28(27-19)11-15-9-16(22)5-7-20(15)30-12-14-4-6-17(24)10-18(14)25/h4-10H,3,11-12H2,1-2H3. The summed E-state index contributed by atoms with van der Waals surface area (Å²) in [4.78, 5) is 0. The lowest BCUT2D eigenvalue weighted by molar-refractivity contribution is 0.295. The van der Waals surface area contributed by atoms with E-state index >= 15 is 0 Å². The van der Waals surface area contributed by atoms with Gasteiger partial charge in [-0.3, -0.25) is 4.68 Å². The molecule has 0 bridgehead atoms. The van der Waals surface area contributed by atoms with Crippen molar-refractivity contribution in [1.29, 1.82) is 0 Å². The summed E-state index contributed by atoms with van der Waals surface area (Å²) < 4.78 is 43.5. The minimum atomic E-state index is -0.665. The highest BCUT2D eigenvalue weighted by Crippen LogP contribution is 2.26. The third-order valence-electron chi connectivity index (χ3n) is 4.30. The Bertz CT molecular complexity index is 1070. The Morgan fingerprint density at radius 3 is 2.63 bits per heavy atom. The molecule has 0 aliphatic carbocycles. The quantitative estimate of drug-likeness (QED) is 0.341. The zero-order valence-corrected chi connectivity index (χ0v) is 17.8. The van der Waals surface area contributed by atoms with Gasteiger partial charge in [-0.05, 0) is 50.2 Å². The van der Waals surface area contributed by atoms with Crippen LogP contribution in [0.5, 0.6) is 5.75 Å². The number of hydrogen-bond acceptors (Lipinski definition) is 4. The fourth-order valence-corrected chi connectivity index (χ4v) is 3.15. The predicted octanol–water partition coefficient (Wildman–Crippen LogP) is 5.69. The molecule has 0 saturated carbocycles. The Morgan fingerprint density at radius 2 is 1.93 bits per heavy atom. The molecule has 1 aromatic heterocycles. The second-order valence-electron chi connectivity index (χ2n) is 6.43. The van der Waals surface area contributed by atoms with Crippen LogP contribution in [-0.4, -0.2) is 22.3 Å². The van der Waals surface area contributed by atoms with Gasteiger partial charge in [-0.15, -0.1) is 4.51 Å². The molecule has 0 unspecified atom stereocenters. The molecule has 3 aromatic rings. The highest BCUT2D eigenvalue weighted by Gasteiger charge is 2.14. The normalized spacial score (nSPS) is 11.6. The third kappa shape index (κ3) is 5.29. The Morgan fingerprint density at radius 1 is 1.13 bits per heavy atom. The van der Waals surface area contributed by atoms with Gasteiger partial charge in [0.2, 0.25) is 0 Å². The Labute approximate surface area is 183 Å². The average Bonchev–Trinajstić information content (AvgIpc) is 3.06. The molecule has 1 heterocycles. The molecule has 3 rings (SSSR count). The summed E-state index contributed by atoms with van der Waals surface area (Å²) in [5.41, 5.74) is 2.33. The fourth-order valence-electron chi connectivity index (χ4n) is 2.82. The van der Waals surface area contributed by atoms with Gasteiger partial charge in [-0.1, -0.05) is 11.6 Å². The molecule has 0 spiro atoms. The zero-order chi connectivity index (χ0) is 21.7. The largest absolute Gasteiger partial charge is 0.488 e. The van der Waals surface area contributed by atoms with E-state index in [4.69, 9.17) is 32.9 Å². The number of ether oxygens (including phenoxy) is 2. The van der Waals surface area contributed by atoms with Crippen LogP contribution < -0.4 is 4.74 Å². The molecule has 0 atom stereocenters. The van der Waals surface area contributed by atoms with Crippen molar-refractivity contribution in [3.63, 3.8) is 0 Å². The molecular weight excluding hydrogens is 435 g/mol. The first-order chi connectivity index (χ1) is 14.4. The van der Waals surface area contributed by atoms with E-state index in [1.54, 1.807) is 28.9 Å². The Balaban J connectivity index is 1.83. The maximum absolute atomic E-state index is 13.9. The smallest absolute Gasteiger partial charge is 0.254 e. The van der Waals surface area contributed by atoms with Crippen LogP contribution in [0.4, 0.5) is 8.78 Å². The van der Waals surface area contributed by atoms with Crippen molar-refractivity contribution in [2.45, 2.75) is 27.0 Å². The van der Waals surface area contributed by atoms with E-state index in [0.29, 0.717) is 29.6 Å². The summed E-state index contributed by atoms with van der Waals surface area (Å²) in [5, 5.41) is 5.00. The van der Waals surface area contributed by atoms with Crippen molar-refractivity contribution in [2.24, 2.45) is 4.51 Å². The zero-order valence-electron chi connectivity index (χ0n) is 16.3. The van der Waals surface area contributed by atoms with Crippen molar-refractivity contribution < 1.29 is 18.3 Å². The van der Waals surface area contributed by atoms with Crippen molar-refractivity contribution in [2.75, 3.05) is 6.61 Å². The van der Waals surface area contributed by atoms with E-state index in [2.05, 4.69) is 9.61 Å². The highest BCUT2D eigenvalue weighted by atomic mass is 35.5. The van der Waals surface area contributed by atoms with E-state index in [0.717, 1.165) is 17.3 Å². The molecule has 2 aromatic carbocycles. The van der Waals surface area contributed by atoms with Gasteiger partial charge in [0.25, 0.3) is 5.90 Å². The first-order valence-electron chi connectivity index (χ1n) is 9.13. The second-order valence-corrected chi connectivity index (χ2v) is 7.03. The summed E-state index contributed by atoms with van der Waals surface area (Å²) in [6.45, 7) is 4.40. The molecule has 0 aliphatic heterocycles. The average molecular weight is 454 g/mol. The number of aromatic nitrogens is 2. The van der Waals surface area contributed by atoms with Gasteiger partial charge in [0.15, 0.2) is 0 Å². The van der Waals surface area contributed by atoms with E-state index in [-0.39, 0.29) is 18.1 Å². The third-order valence-corrected chi connectivity index (χ3v) is 4.69. The van der Waals surface area contributed by atoms with Crippen molar-refractivity contribution in [1.82, 2.24) is 9.78 Å².